The summed E-state index contributed by atoms with van der Waals surface area (Å²) in [5.74, 6) is 0.914. The Morgan fingerprint density at radius 3 is 2.19 bits per heavy atom. The van der Waals surface area contributed by atoms with Gasteiger partial charge in [-0.15, -0.1) is 0 Å². The highest BCUT2D eigenvalue weighted by Crippen LogP contribution is 2.19. The van der Waals surface area contributed by atoms with Crippen LogP contribution in [-0.2, 0) is 11.2 Å². The molecule has 0 aliphatic rings. The van der Waals surface area contributed by atoms with Crippen molar-refractivity contribution < 1.29 is 9.53 Å². The number of ether oxygens (including phenoxy) is 1. The number of hydrogen-bond donors (Lipinski definition) is 0. The van der Waals surface area contributed by atoms with E-state index in [0.29, 0.717) is 24.5 Å². The molecule has 0 heterocycles. The smallest absolute Gasteiger partial charge is 0.311 e. The van der Waals surface area contributed by atoms with E-state index in [4.69, 9.17) is 4.74 Å². The fourth-order valence-electron chi connectivity index (χ4n) is 2.10. The standard InChI is InChI=1S/C19H22O2/c1-14(2)17-9-11-18(12-10-17)21-19(20)13-8-16-6-4-15(3)5-7-16/h4-7,9-12,14H,8,13H2,1-3H3. The number of esters is 1. The molecule has 0 fully saturated rings. The van der Waals surface area contributed by atoms with E-state index >= 15 is 0 Å². The maximum absolute atomic E-state index is 11.8. The summed E-state index contributed by atoms with van der Waals surface area (Å²) in [7, 11) is 0. The van der Waals surface area contributed by atoms with Gasteiger partial charge >= 0.3 is 5.97 Å². The van der Waals surface area contributed by atoms with Crippen molar-refractivity contribution in [1.82, 2.24) is 0 Å². The molecule has 0 amide bonds. The topological polar surface area (TPSA) is 26.3 Å². The molecule has 2 heteroatoms. The van der Waals surface area contributed by atoms with Gasteiger partial charge in [0.25, 0.3) is 0 Å². The van der Waals surface area contributed by atoms with Gasteiger partial charge in [-0.25, -0.2) is 0 Å². The second kappa shape index (κ2) is 7.07. The van der Waals surface area contributed by atoms with E-state index in [2.05, 4.69) is 45.0 Å². The highest BCUT2D eigenvalue weighted by molar-refractivity contribution is 5.72. The van der Waals surface area contributed by atoms with E-state index in [1.165, 1.54) is 11.1 Å². The zero-order valence-corrected chi connectivity index (χ0v) is 12.9. The molecule has 0 aromatic heterocycles. The third kappa shape index (κ3) is 4.75. The average molecular weight is 282 g/mol. The van der Waals surface area contributed by atoms with Gasteiger partial charge in [0.2, 0.25) is 0 Å². The third-order valence-corrected chi connectivity index (χ3v) is 3.52. The number of rotatable bonds is 5. The minimum absolute atomic E-state index is 0.187. The van der Waals surface area contributed by atoms with Crippen LogP contribution in [-0.4, -0.2) is 5.97 Å². The maximum atomic E-state index is 11.8. The van der Waals surface area contributed by atoms with Gasteiger partial charge in [0, 0.05) is 6.42 Å². The number of aryl methyl sites for hydroxylation is 2. The van der Waals surface area contributed by atoms with E-state index in [1.807, 2.05) is 24.3 Å². The van der Waals surface area contributed by atoms with Crippen LogP contribution in [0.25, 0.3) is 0 Å². The summed E-state index contributed by atoms with van der Waals surface area (Å²) in [6.07, 6.45) is 1.11. The van der Waals surface area contributed by atoms with Crippen LogP contribution in [0.2, 0.25) is 0 Å². The first-order chi connectivity index (χ1) is 10.0. The number of carbonyl (C=O) groups is 1. The lowest BCUT2D eigenvalue weighted by atomic mass is 10.0. The summed E-state index contributed by atoms with van der Waals surface area (Å²) >= 11 is 0. The van der Waals surface area contributed by atoms with Crippen molar-refractivity contribution in [3.63, 3.8) is 0 Å². The van der Waals surface area contributed by atoms with Gasteiger partial charge in [0.1, 0.15) is 5.75 Å². The molecule has 0 radical (unpaired) electrons. The van der Waals surface area contributed by atoms with Gasteiger partial charge in [0.05, 0.1) is 0 Å². The molecule has 2 nitrogen and oxygen atoms in total. The van der Waals surface area contributed by atoms with E-state index in [0.717, 1.165) is 5.56 Å². The van der Waals surface area contributed by atoms with Crippen molar-refractivity contribution in [2.24, 2.45) is 0 Å². The maximum Gasteiger partial charge on any atom is 0.311 e. The fourth-order valence-corrected chi connectivity index (χ4v) is 2.10. The lowest BCUT2D eigenvalue weighted by Crippen LogP contribution is -2.09. The molecule has 0 saturated heterocycles. The Morgan fingerprint density at radius 2 is 1.62 bits per heavy atom. The predicted molar refractivity (Wildman–Crippen MR) is 85.7 cm³/mol. The van der Waals surface area contributed by atoms with Crippen molar-refractivity contribution >= 4 is 5.97 Å². The minimum Gasteiger partial charge on any atom is -0.427 e. The molecule has 0 unspecified atom stereocenters. The summed E-state index contributed by atoms with van der Waals surface area (Å²) in [4.78, 5) is 11.8. The molecule has 0 aliphatic carbocycles. The van der Waals surface area contributed by atoms with Gasteiger partial charge in [-0.1, -0.05) is 55.8 Å². The molecule has 2 aromatic carbocycles. The zero-order valence-electron chi connectivity index (χ0n) is 12.9. The van der Waals surface area contributed by atoms with E-state index in [-0.39, 0.29) is 5.97 Å². The molecular weight excluding hydrogens is 260 g/mol. The van der Waals surface area contributed by atoms with Gasteiger partial charge in [-0.2, -0.15) is 0 Å². The van der Waals surface area contributed by atoms with E-state index in [1.54, 1.807) is 0 Å². The monoisotopic (exact) mass is 282 g/mol. The quantitative estimate of drug-likeness (QED) is 0.589. The van der Waals surface area contributed by atoms with Gasteiger partial charge in [-0.3, -0.25) is 4.79 Å². The Balaban J connectivity index is 1.85. The molecule has 2 aromatic rings. The Kier molecular flexibility index (Phi) is 5.15. The molecule has 21 heavy (non-hydrogen) atoms. The predicted octanol–water partition coefficient (Wildman–Crippen LogP) is 4.66. The van der Waals surface area contributed by atoms with Gasteiger partial charge < -0.3 is 4.74 Å². The first kappa shape index (κ1) is 15.3. The zero-order chi connectivity index (χ0) is 15.2. The Labute approximate surface area is 126 Å². The molecular formula is C19H22O2. The molecule has 0 atom stereocenters. The van der Waals surface area contributed by atoms with Crippen LogP contribution in [0.15, 0.2) is 48.5 Å². The van der Waals surface area contributed by atoms with Crippen LogP contribution in [0.4, 0.5) is 0 Å². The third-order valence-electron chi connectivity index (χ3n) is 3.52. The fraction of sp³-hybridized carbons (Fsp3) is 0.316. The van der Waals surface area contributed by atoms with E-state index < -0.39 is 0 Å². The lowest BCUT2D eigenvalue weighted by Gasteiger charge is -2.08. The van der Waals surface area contributed by atoms with Crippen molar-refractivity contribution in [3.05, 3.63) is 65.2 Å². The molecule has 0 N–H and O–H groups in total. The van der Waals surface area contributed by atoms with E-state index in [9.17, 15) is 4.79 Å². The second-order valence-electron chi connectivity index (χ2n) is 5.68. The summed E-state index contributed by atoms with van der Waals surface area (Å²) in [6.45, 7) is 6.34. The Bertz CT molecular complexity index is 580. The molecule has 0 aliphatic heterocycles. The van der Waals surface area contributed by atoms with Crippen molar-refractivity contribution in [1.29, 1.82) is 0 Å². The van der Waals surface area contributed by atoms with Gasteiger partial charge in [0.15, 0.2) is 0 Å². The summed E-state index contributed by atoms with van der Waals surface area (Å²) in [5.41, 5.74) is 3.63. The Hall–Kier alpha value is -2.09. The van der Waals surface area contributed by atoms with Gasteiger partial charge in [-0.05, 0) is 42.5 Å². The van der Waals surface area contributed by atoms with Crippen LogP contribution < -0.4 is 4.74 Å². The average Bonchev–Trinajstić information content (AvgIpc) is 2.47. The van der Waals surface area contributed by atoms with Crippen LogP contribution in [0.3, 0.4) is 0 Å². The normalized spacial score (nSPS) is 10.7. The van der Waals surface area contributed by atoms with Crippen LogP contribution in [0.5, 0.6) is 5.75 Å². The first-order valence-electron chi connectivity index (χ1n) is 7.41. The number of hydrogen-bond acceptors (Lipinski definition) is 2. The molecule has 0 spiro atoms. The second-order valence-corrected chi connectivity index (χ2v) is 5.68. The molecule has 0 saturated carbocycles. The van der Waals surface area contributed by atoms with Crippen molar-refractivity contribution in [3.8, 4) is 5.75 Å². The van der Waals surface area contributed by atoms with Crippen LogP contribution in [0.1, 0.15) is 42.9 Å². The highest BCUT2D eigenvalue weighted by Gasteiger charge is 2.06. The number of benzene rings is 2. The Morgan fingerprint density at radius 1 is 1.00 bits per heavy atom. The molecule has 0 bridgehead atoms. The summed E-state index contributed by atoms with van der Waals surface area (Å²) in [5, 5.41) is 0. The summed E-state index contributed by atoms with van der Waals surface area (Å²) in [6, 6.07) is 16.0. The van der Waals surface area contributed by atoms with Crippen molar-refractivity contribution in [2.75, 3.05) is 0 Å². The minimum atomic E-state index is -0.187. The number of carbonyl (C=O) groups excluding carboxylic acids is 1. The van der Waals surface area contributed by atoms with Crippen molar-refractivity contribution in [2.45, 2.75) is 39.5 Å². The lowest BCUT2D eigenvalue weighted by molar-refractivity contribution is -0.134. The van der Waals surface area contributed by atoms with Crippen LogP contribution >= 0.6 is 0 Å². The molecule has 2 rings (SSSR count). The highest BCUT2D eigenvalue weighted by atomic mass is 16.5. The largest absolute Gasteiger partial charge is 0.427 e. The SMILES string of the molecule is Cc1ccc(CCC(=O)Oc2ccc(C(C)C)cc2)cc1. The first-order valence-corrected chi connectivity index (χ1v) is 7.41. The summed E-state index contributed by atoms with van der Waals surface area (Å²) < 4.78 is 5.36. The molecule has 110 valence electrons. The van der Waals surface area contributed by atoms with Crippen LogP contribution in [0, 0.1) is 6.92 Å².